The number of primary amides is 1. The highest BCUT2D eigenvalue weighted by atomic mass is 32.2. The number of nitrogens with zero attached hydrogens (tertiary/aromatic N) is 1. The number of hydrogen-bond acceptors (Lipinski definition) is 6. The number of carbonyl (C=O) groups is 1. The molecule has 0 aliphatic rings. The first kappa shape index (κ1) is 19.9. The number of nitrogens with two attached hydrogens (primary N) is 1. The van der Waals surface area contributed by atoms with Gasteiger partial charge in [0.15, 0.2) is 0 Å². The van der Waals surface area contributed by atoms with Crippen molar-refractivity contribution < 1.29 is 17.9 Å². The molecule has 1 atom stereocenters. The first-order valence-electron chi connectivity index (χ1n) is 8.08. The summed E-state index contributed by atoms with van der Waals surface area (Å²) >= 11 is 0. The van der Waals surface area contributed by atoms with Crippen LogP contribution in [0.5, 0.6) is 5.75 Å². The van der Waals surface area contributed by atoms with Crippen LogP contribution in [-0.2, 0) is 21.2 Å². The third-order valence-corrected chi connectivity index (χ3v) is 6.81. The molecule has 0 aliphatic carbocycles. The molecule has 1 aromatic carbocycles. The summed E-state index contributed by atoms with van der Waals surface area (Å²) in [6.07, 6.45) is 3.21. The normalized spacial score (nSPS) is 14.0. The Labute approximate surface area is 153 Å². The number of nitrogens with one attached hydrogen (secondary N) is 1. The van der Waals surface area contributed by atoms with E-state index in [2.05, 4.69) is 10.3 Å². The number of ether oxygens (including phenoxy) is 1. The van der Waals surface area contributed by atoms with Gasteiger partial charge in [-0.1, -0.05) is 19.9 Å². The fourth-order valence-corrected chi connectivity index (χ4v) is 4.80. The minimum Gasteiger partial charge on any atom is -0.497 e. The summed E-state index contributed by atoms with van der Waals surface area (Å²) in [5.41, 5.74) is 6.33. The molecule has 1 heterocycles. The van der Waals surface area contributed by atoms with E-state index in [1.54, 1.807) is 38.4 Å². The van der Waals surface area contributed by atoms with Crippen molar-refractivity contribution in [3.8, 4) is 5.75 Å². The summed E-state index contributed by atoms with van der Waals surface area (Å²) < 4.78 is 31.7. The number of methoxy groups -OCH3 is 1. The van der Waals surface area contributed by atoms with E-state index >= 15 is 0 Å². The van der Waals surface area contributed by atoms with Crippen LogP contribution >= 0.6 is 0 Å². The molecule has 0 aliphatic heterocycles. The number of benzene rings is 1. The minimum atomic E-state index is -4.12. The lowest BCUT2D eigenvalue weighted by Crippen LogP contribution is -2.63. The Morgan fingerprint density at radius 2 is 1.92 bits per heavy atom. The maximum absolute atomic E-state index is 13.3. The van der Waals surface area contributed by atoms with Gasteiger partial charge in [0.05, 0.1) is 12.0 Å². The number of rotatable bonds is 8. The second-order valence-corrected chi connectivity index (χ2v) is 8.27. The van der Waals surface area contributed by atoms with Gasteiger partial charge in [-0.2, -0.15) is 0 Å². The zero-order chi connectivity index (χ0) is 19.4. The van der Waals surface area contributed by atoms with Gasteiger partial charge in [-0.05, 0) is 41.8 Å². The van der Waals surface area contributed by atoms with E-state index < -0.39 is 26.5 Å². The first-order chi connectivity index (χ1) is 12.3. The number of amides is 1. The molecule has 2 aromatic rings. The Kier molecular flexibility index (Phi) is 5.99. The van der Waals surface area contributed by atoms with Crippen LogP contribution in [0.3, 0.4) is 0 Å². The molecule has 0 bridgehead atoms. The Hall–Kier alpha value is -2.45. The molecule has 0 spiro atoms. The van der Waals surface area contributed by atoms with Crippen molar-refractivity contribution in [3.63, 3.8) is 0 Å². The molecule has 26 heavy (non-hydrogen) atoms. The van der Waals surface area contributed by atoms with Crippen LogP contribution in [0, 0.1) is 5.92 Å². The third kappa shape index (κ3) is 3.56. The maximum atomic E-state index is 13.3. The molecule has 8 heteroatoms. The quantitative estimate of drug-likeness (QED) is 0.721. The van der Waals surface area contributed by atoms with Gasteiger partial charge in [0, 0.05) is 18.9 Å². The van der Waals surface area contributed by atoms with Gasteiger partial charge in [-0.3, -0.25) is 15.1 Å². The van der Waals surface area contributed by atoms with E-state index in [0.717, 1.165) is 5.56 Å². The Morgan fingerprint density at radius 1 is 1.27 bits per heavy atom. The molecule has 1 amide bonds. The largest absolute Gasteiger partial charge is 0.497 e. The maximum Gasteiger partial charge on any atom is 0.254 e. The monoisotopic (exact) mass is 377 g/mol. The van der Waals surface area contributed by atoms with E-state index in [0.29, 0.717) is 5.75 Å². The van der Waals surface area contributed by atoms with Crippen LogP contribution in [-0.4, -0.2) is 31.3 Å². The van der Waals surface area contributed by atoms with E-state index in [1.807, 2.05) is 0 Å². The summed E-state index contributed by atoms with van der Waals surface area (Å²) in [4.78, 5) is 14.4. The van der Waals surface area contributed by atoms with Crippen LogP contribution in [0.2, 0.25) is 0 Å². The van der Waals surface area contributed by atoms with Crippen molar-refractivity contribution in [1.82, 2.24) is 10.3 Å². The molecule has 1 unspecified atom stereocenters. The van der Waals surface area contributed by atoms with E-state index in [9.17, 15) is 13.2 Å². The highest BCUT2D eigenvalue weighted by molar-refractivity contribution is 7.93. The van der Waals surface area contributed by atoms with Crippen molar-refractivity contribution in [2.24, 2.45) is 11.7 Å². The topological polar surface area (TPSA) is 111 Å². The number of hydrogen-bond donors (Lipinski definition) is 2. The van der Waals surface area contributed by atoms with Crippen molar-refractivity contribution in [1.29, 1.82) is 0 Å². The smallest absolute Gasteiger partial charge is 0.254 e. The lowest BCUT2D eigenvalue weighted by molar-refractivity contribution is -0.122. The van der Waals surface area contributed by atoms with Crippen LogP contribution in [0.15, 0.2) is 53.7 Å². The van der Waals surface area contributed by atoms with Gasteiger partial charge in [0.25, 0.3) is 5.91 Å². The van der Waals surface area contributed by atoms with E-state index in [1.165, 1.54) is 31.4 Å². The first-order valence-corrected chi connectivity index (χ1v) is 9.56. The number of pyridine rings is 1. The highest BCUT2D eigenvalue weighted by Crippen LogP contribution is 2.32. The Bertz CT molecular complexity index is 852. The highest BCUT2D eigenvalue weighted by Gasteiger charge is 2.52. The molecule has 1 aromatic heterocycles. The average molecular weight is 377 g/mol. The molecule has 0 saturated carbocycles. The van der Waals surface area contributed by atoms with Gasteiger partial charge in [0.1, 0.15) is 5.75 Å². The zero-order valence-corrected chi connectivity index (χ0v) is 15.8. The second-order valence-electron chi connectivity index (χ2n) is 6.15. The lowest BCUT2D eigenvalue weighted by atomic mass is 10.0. The van der Waals surface area contributed by atoms with E-state index in [-0.39, 0.29) is 11.4 Å². The van der Waals surface area contributed by atoms with Crippen molar-refractivity contribution in [2.45, 2.75) is 30.2 Å². The van der Waals surface area contributed by atoms with Gasteiger partial charge in [-0.25, -0.2) is 8.42 Å². The average Bonchev–Trinajstić information content (AvgIpc) is 2.62. The molecule has 3 N–H and O–H groups in total. The van der Waals surface area contributed by atoms with E-state index in [4.69, 9.17) is 10.5 Å². The van der Waals surface area contributed by atoms with Crippen LogP contribution < -0.4 is 15.8 Å². The van der Waals surface area contributed by atoms with Gasteiger partial charge >= 0.3 is 0 Å². The van der Waals surface area contributed by atoms with Crippen molar-refractivity contribution in [2.75, 3.05) is 7.11 Å². The third-order valence-electron chi connectivity index (χ3n) is 4.25. The van der Waals surface area contributed by atoms with Crippen LogP contribution in [0.25, 0.3) is 0 Å². The molecule has 0 radical (unpaired) electrons. The lowest BCUT2D eigenvalue weighted by Gasteiger charge is -2.35. The SMILES string of the molecule is COc1ccc(S(=O)(=O)C(NCc2cccnc2)(C(N)=O)C(C)C)cc1. The fraction of sp³-hybridized carbons (Fsp3) is 0.333. The van der Waals surface area contributed by atoms with Gasteiger partial charge in [-0.15, -0.1) is 0 Å². The Morgan fingerprint density at radius 3 is 2.38 bits per heavy atom. The van der Waals surface area contributed by atoms with Crippen LogP contribution in [0.1, 0.15) is 19.4 Å². The predicted molar refractivity (Wildman–Crippen MR) is 98.0 cm³/mol. The molecule has 7 nitrogen and oxygen atoms in total. The second kappa shape index (κ2) is 7.84. The van der Waals surface area contributed by atoms with Gasteiger partial charge < -0.3 is 10.5 Å². The number of carbonyl (C=O) groups excluding carboxylic acids is 1. The zero-order valence-electron chi connectivity index (χ0n) is 15.0. The molecule has 2 rings (SSSR count). The van der Waals surface area contributed by atoms with Gasteiger partial charge in [0.2, 0.25) is 14.7 Å². The summed E-state index contributed by atoms with van der Waals surface area (Å²) in [6.45, 7) is 3.41. The number of sulfone groups is 1. The summed E-state index contributed by atoms with van der Waals surface area (Å²) in [5.74, 6) is -1.04. The Balaban J connectivity index is 2.49. The molecular weight excluding hydrogens is 354 g/mol. The molecule has 0 saturated heterocycles. The van der Waals surface area contributed by atoms with Crippen molar-refractivity contribution >= 4 is 15.7 Å². The minimum absolute atomic E-state index is 0.00973. The molecule has 140 valence electrons. The summed E-state index contributed by atoms with van der Waals surface area (Å²) in [7, 11) is -2.63. The number of aromatic nitrogens is 1. The summed E-state index contributed by atoms with van der Waals surface area (Å²) in [6, 6.07) is 9.38. The predicted octanol–water partition coefficient (Wildman–Crippen LogP) is 1.49. The summed E-state index contributed by atoms with van der Waals surface area (Å²) in [5, 5.41) is 2.88. The van der Waals surface area contributed by atoms with Crippen LogP contribution in [0.4, 0.5) is 0 Å². The van der Waals surface area contributed by atoms with Crippen molar-refractivity contribution in [3.05, 3.63) is 54.4 Å². The molecule has 0 fully saturated rings. The molecular formula is C18H23N3O4S. The standard InChI is InChI=1S/C18H23N3O4S/c1-13(2)18(17(19)22,21-12-14-5-4-10-20-11-14)26(23,24)16-8-6-15(25-3)7-9-16/h4-11,13,21H,12H2,1-3H3,(H2,19,22). The fourth-order valence-electron chi connectivity index (χ4n) is 2.79.